The van der Waals surface area contributed by atoms with Crippen molar-refractivity contribution < 1.29 is 19.7 Å². The van der Waals surface area contributed by atoms with Crippen molar-refractivity contribution in [2.45, 2.75) is 45.4 Å². The average Bonchev–Trinajstić information content (AvgIpc) is 2.52. The Morgan fingerprint density at radius 2 is 1.52 bits per heavy atom. The third kappa shape index (κ3) is 5.61. The molecule has 118 valence electrons. The molecule has 0 radical (unpaired) electrons. The summed E-state index contributed by atoms with van der Waals surface area (Å²) in [5, 5.41) is 3.69. The molecule has 0 heterocycles. The minimum absolute atomic E-state index is 0.493. The first-order valence-corrected chi connectivity index (χ1v) is 7.56. The highest BCUT2D eigenvalue weighted by atomic mass is 16.5. The zero-order valence-electron chi connectivity index (χ0n) is 13.4. The molecule has 5 heteroatoms. The van der Waals surface area contributed by atoms with Crippen LogP contribution in [0.25, 0.3) is 0 Å². The van der Waals surface area contributed by atoms with Crippen molar-refractivity contribution in [3.05, 3.63) is 12.1 Å². The zero-order chi connectivity index (χ0) is 15.5. The maximum Gasteiger partial charge on any atom is 0.213 e. The Bertz CT molecular complexity index is 411. The number of nitrogens with zero attached hydrogens (tertiary/aromatic N) is 1. The van der Waals surface area contributed by atoms with Crippen molar-refractivity contribution in [3.63, 3.8) is 0 Å². The van der Waals surface area contributed by atoms with Gasteiger partial charge in [0.15, 0.2) is 11.5 Å². The van der Waals surface area contributed by atoms with Crippen molar-refractivity contribution in [1.82, 2.24) is 0 Å². The van der Waals surface area contributed by atoms with E-state index in [4.69, 9.17) is 19.7 Å². The van der Waals surface area contributed by atoms with Crippen molar-refractivity contribution in [3.8, 4) is 17.2 Å². The molecule has 0 bridgehead atoms. The quantitative estimate of drug-likeness (QED) is 0.503. The van der Waals surface area contributed by atoms with Crippen molar-refractivity contribution >= 4 is 5.69 Å². The third-order valence-corrected chi connectivity index (χ3v) is 3.35. The Labute approximate surface area is 127 Å². The molecule has 0 aromatic heterocycles. The van der Waals surface area contributed by atoms with Gasteiger partial charge in [0.1, 0.15) is 5.75 Å². The van der Waals surface area contributed by atoms with Gasteiger partial charge >= 0.3 is 0 Å². The summed E-state index contributed by atoms with van der Waals surface area (Å²) in [6.07, 6.45) is 7.43. The van der Waals surface area contributed by atoms with E-state index in [1.165, 1.54) is 32.1 Å². The fourth-order valence-electron chi connectivity index (χ4n) is 2.15. The monoisotopic (exact) mass is 295 g/mol. The molecule has 0 aliphatic heterocycles. The predicted octanol–water partition coefficient (Wildman–Crippen LogP) is 3.29. The highest BCUT2D eigenvalue weighted by Crippen LogP contribution is 2.40. The van der Waals surface area contributed by atoms with Crippen molar-refractivity contribution in [1.29, 1.82) is 0 Å². The number of ether oxygens (including phenoxy) is 3. The number of nitrogens with two attached hydrogens (primary N) is 1. The molecule has 5 nitrogen and oxygen atoms in total. The van der Waals surface area contributed by atoms with Gasteiger partial charge in [-0.15, -0.1) is 0 Å². The molecule has 0 saturated carbocycles. The van der Waals surface area contributed by atoms with Crippen LogP contribution in [0.2, 0.25) is 0 Å². The fourth-order valence-corrected chi connectivity index (χ4v) is 2.15. The molecule has 1 aromatic rings. The van der Waals surface area contributed by atoms with E-state index in [9.17, 15) is 0 Å². The molecule has 0 amide bonds. The lowest BCUT2D eigenvalue weighted by Crippen LogP contribution is -2.22. The summed E-state index contributed by atoms with van der Waals surface area (Å²) in [4.78, 5) is 0. The van der Waals surface area contributed by atoms with E-state index in [2.05, 4.69) is 12.0 Å². The summed E-state index contributed by atoms with van der Waals surface area (Å²) >= 11 is 0. The normalized spacial score (nSPS) is 10.2. The molecule has 1 rings (SSSR count). The van der Waals surface area contributed by atoms with Gasteiger partial charge in [-0.05, 0) is 11.5 Å². The topological polar surface area (TPSA) is 65.6 Å². The smallest absolute Gasteiger partial charge is 0.213 e. The van der Waals surface area contributed by atoms with Gasteiger partial charge in [-0.1, -0.05) is 39.0 Å². The molecule has 2 N–H and O–H groups in total. The lowest BCUT2D eigenvalue weighted by molar-refractivity contribution is -0.210. The van der Waals surface area contributed by atoms with Crippen LogP contribution >= 0.6 is 0 Å². The number of hydrogen-bond acceptors (Lipinski definition) is 4. The Balaban J connectivity index is 2.50. The van der Waals surface area contributed by atoms with Gasteiger partial charge in [0.05, 0.1) is 20.8 Å². The van der Waals surface area contributed by atoms with Crippen LogP contribution in [0.15, 0.2) is 17.2 Å². The van der Waals surface area contributed by atoms with Gasteiger partial charge in [0.2, 0.25) is 5.69 Å². The summed E-state index contributed by atoms with van der Waals surface area (Å²) in [6.45, 7) is 2.92. The second-order valence-corrected chi connectivity index (χ2v) is 4.92. The molecule has 0 aliphatic rings. The van der Waals surface area contributed by atoms with Gasteiger partial charge < -0.3 is 14.2 Å². The van der Waals surface area contributed by atoms with Crippen LogP contribution in [0.5, 0.6) is 17.2 Å². The SMILES string of the molecule is CCCCCCCCOc1cc(OC)c(N=[NH2+])c(OC)c1. The third-order valence-electron chi connectivity index (χ3n) is 3.35. The van der Waals surface area contributed by atoms with Crippen LogP contribution in [-0.2, 0) is 0 Å². The number of methoxy groups -OCH3 is 2. The summed E-state index contributed by atoms with van der Waals surface area (Å²) in [6, 6.07) is 3.57. The van der Waals surface area contributed by atoms with E-state index >= 15 is 0 Å². The minimum atomic E-state index is 0.493. The predicted molar refractivity (Wildman–Crippen MR) is 82.4 cm³/mol. The molecule has 21 heavy (non-hydrogen) atoms. The molecule has 1 aromatic carbocycles. The Hall–Kier alpha value is -1.78. The molecule has 0 unspecified atom stereocenters. The highest BCUT2D eigenvalue weighted by Gasteiger charge is 2.14. The molecule has 0 fully saturated rings. The number of hydrogen-bond donors (Lipinski definition) is 1. The first kappa shape index (κ1) is 17.3. The molecular weight excluding hydrogens is 268 g/mol. The van der Waals surface area contributed by atoms with Crippen LogP contribution in [-0.4, -0.2) is 20.8 Å². The molecule has 0 saturated heterocycles. The van der Waals surface area contributed by atoms with Crippen molar-refractivity contribution in [2.24, 2.45) is 5.11 Å². The summed E-state index contributed by atoms with van der Waals surface area (Å²) in [7, 11) is 3.14. The standard InChI is InChI=1S/C16H26N2O3/c1-4-5-6-7-8-9-10-21-13-11-14(19-2)16(18-17)15(12-13)20-3/h11-12,17H,4-10H2,1-3H3/p+1. The number of benzene rings is 1. The summed E-state index contributed by atoms with van der Waals surface area (Å²) in [5.74, 6) is 1.81. The van der Waals surface area contributed by atoms with E-state index in [0.29, 0.717) is 29.5 Å². The van der Waals surface area contributed by atoms with E-state index < -0.39 is 0 Å². The second kappa shape index (κ2) is 10.0. The van der Waals surface area contributed by atoms with Gasteiger partial charge in [-0.25, -0.2) is 0 Å². The molecule has 0 spiro atoms. The highest BCUT2D eigenvalue weighted by molar-refractivity contribution is 5.64. The van der Waals surface area contributed by atoms with Crippen LogP contribution in [0.3, 0.4) is 0 Å². The largest absolute Gasteiger partial charge is 0.494 e. The van der Waals surface area contributed by atoms with Crippen LogP contribution in [0.1, 0.15) is 45.4 Å². The van der Waals surface area contributed by atoms with Gasteiger partial charge in [-0.2, -0.15) is 5.53 Å². The van der Waals surface area contributed by atoms with E-state index in [1.807, 2.05) is 0 Å². The second-order valence-electron chi connectivity index (χ2n) is 4.92. The van der Waals surface area contributed by atoms with E-state index in [-0.39, 0.29) is 0 Å². The van der Waals surface area contributed by atoms with Crippen LogP contribution in [0, 0.1) is 0 Å². The Kier molecular flexibility index (Phi) is 8.24. The van der Waals surface area contributed by atoms with Crippen molar-refractivity contribution in [2.75, 3.05) is 20.8 Å². The van der Waals surface area contributed by atoms with Gasteiger partial charge in [0.25, 0.3) is 0 Å². The van der Waals surface area contributed by atoms with E-state index in [0.717, 1.165) is 6.42 Å². The number of rotatable bonds is 11. The van der Waals surface area contributed by atoms with Crippen LogP contribution < -0.4 is 19.7 Å². The molecule has 0 atom stereocenters. The van der Waals surface area contributed by atoms with Gasteiger partial charge in [0, 0.05) is 12.1 Å². The van der Waals surface area contributed by atoms with E-state index in [1.54, 1.807) is 26.4 Å². The zero-order valence-corrected chi connectivity index (χ0v) is 13.4. The number of unbranched alkanes of at least 4 members (excludes halogenated alkanes) is 5. The minimum Gasteiger partial charge on any atom is -0.494 e. The summed E-state index contributed by atoms with van der Waals surface area (Å²) < 4.78 is 16.3. The molecule has 0 aliphatic carbocycles. The maximum absolute atomic E-state index is 5.75. The first-order valence-electron chi connectivity index (χ1n) is 7.56. The fraction of sp³-hybridized carbons (Fsp3) is 0.625. The lowest BCUT2D eigenvalue weighted by Gasteiger charge is -2.11. The molecular formula is C16H27N2O3+. The Morgan fingerprint density at radius 3 is 2.05 bits per heavy atom. The maximum atomic E-state index is 5.75. The average molecular weight is 295 g/mol. The Morgan fingerprint density at radius 1 is 0.952 bits per heavy atom. The van der Waals surface area contributed by atoms with Gasteiger partial charge in [-0.3, -0.25) is 0 Å². The van der Waals surface area contributed by atoms with Crippen LogP contribution in [0.4, 0.5) is 5.69 Å². The lowest BCUT2D eigenvalue weighted by atomic mass is 10.1. The first-order chi connectivity index (χ1) is 10.3. The summed E-state index contributed by atoms with van der Waals surface area (Å²) in [5.41, 5.74) is 5.85.